The number of amides is 2. The second-order valence-corrected chi connectivity index (χ2v) is 5.24. The lowest BCUT2D eigenvalue weighted by Crippen LogP contribution is -2.28. The van der Waals surface area contributed by atoms with Crippen molar-refractivity contribution in [3.05, 3.63) is 72.3 Å². The van der Waals surface area contributed by atoms with Gasteiger partial charge in [0.2, 0.25) is 0 Å². The van der Waals surface area contributed by atoms with Crippen LogP contribution in [0, 0.1) is 6.92 Å². The largest absolute Gasteiger partial charge is 0.424 e. The molecule has 7 heteroatoms. The third-order valence-corrected chi connectivity index (χ3v) is 3.24. The topological polar surface area (TPSA) is 89.0 Å². The van der Waals surface area contributed by atoms with Gasteiger partial charge >= 0.3 is 12.0 Å². The Kier molecular flexibility index (Phi) is 5.16. The van der Waals surface area contributed by atoms with E-state index in [1.54, 1.807) is 42.7 Å². The fourth-order valence-corrected chi connectivity index (χ4v) is 2.09. The van der Waals surface area contributed by atoms with Gasteiger partial charge in [0, 0.05) is 23.8 Å². The number of anilines is 1. The predicted octanol–water partition coefficient (Wildman–Crippen LogP) is 3.29. The number of benzene rings is 1. The van der Waals surface area contributed by atoms with Crippen molar-refractivity contribution < 1.29 is 9.53 Å². The first kappa shape index (κ1) is 16.4. The molecule has 126 valence electrons. The quantitative estimate of drug-likeness (QED) is 0.747. The smallest absolute Gasteiger partial charge is 0.321 e. The normalized spacial score (nSPS) is 10.1. The molecule has 0 aliphatic heterocycles. The molecule has 1 aromatic carbocycles. The predicted molar refractivity (Wildman–Crippen MR) is 93.4 cm³/mol. The van der Waals surface area contributed by atoms with Crippen LogP contribution in [0.4, 0.5) is 10.5 Å². The summed E-state index contributed by atoms with van der Waals surface area (Å²) in [7, 11) is 0. The van der Waals surface area contributed by atoms with E-state index in [2.05, 4.69) is 25.6 Å². The molecule has 3 aromatic rings. The molecule has 2 aromatic heterocycles. The summed E-state index contributed by atoms with van der Waals surface area (Å²) in [6.45, 7) is 2.27. The summed E-state index contributed by atoms with van der Waals surface area (Å²) >= 11 is 0. The summed E-state index contributed by atoms with van der Waals surface area (Å²) in [5, 5.41) is 5.52. The zero-order chi connectivity index (χ0) is 17.5. The fourth-order valence-electron chi connectivity index (χ4n) is 2.09. The van der Waals surface area contributed by atoms with Gasteiger partial charge < -0.3 is 15.4 Å². The lowest BCUT2D eigenvalue weighted by molar-refractivity contribution is 0.251. The van der Waals surface area contributed by atoms with Gasteiger partial charge in [-0.3, -0.25) is 4.98 Å². The Morgan fingerprint density at radius 3 is 2.52 bits per heavy atom. The van der Waals surface area contributed by atoms with Crippen LogP contribution in [-0.2, 0) is 6.54 Å². The van der Waals surface area contributed by atoms with Crippen molar-refractivity contribution in [1.29, 1.82) is 0 Å². The number of nitrogens with one attached hydrogen (secondary N) is 2. The van der Waals surface area contributed by atoms with Crippen molar-refractivity contribution in [3.63, 3.8) is 0 Å². The molecule has 2 amide bonds. The number of nitrogens with zero attached hydrogens (tertiary/aromatic N) is 3. The molecule has 0 saturated carbocycles. The monoisotopic (exact) mass is 335 g/mol. The van der Waals surface area contributed by atoms with Gasteiger partial charge in [-0.15, -0.1) is 0 Å². The molecule has 0 saturated heterocycles. The van der Waals surface area contributed by atoms with Crippen LogP contribution >= 0.6 is 0 Å². The molecule has 0 fully saturated rings. The number of carbonyl (C=O) groups is 1. The van der Waals surface area contributed by atoms with Crippen LogP contribution in [0.3, 0.4) is 0 Å². The molecule has 2 N–H and O–H groups in total. The van der Waals surface area contributed by atoms with Gasteiger partial charge in [-0.1, -0.05) is 6.07 Å². The molecular weight excluding hydrogens is 318 g/mol. The van der Waals surface area contributed by atoms with Crippen LogP contribution in [0.2, 0.25) is 0 Å². The number of rotatable bonds is 5. The zero-order valence-electron chi connectivity index (χ0n) is 13.6. The summed E-state index contributed by atoms with van der Waals surface area (Å²) in [5.41, 5.74) is 2.37. The summed E-state index contributed by atoms with van der Waals surface area (Å²) in [6.07, 6.45) is 3.21. The molecule has 0 unspecified atom stereocenters. The van der Waals surface area contributed by atoms with Crippen LogP contribution in [0.1, 0.15) is 11.4 Å². The third kappa shape index (κ3) is 5.00. The van der Waals surface area contributed by atoms with E-state index in [-0.39, 0.29) is 12.0 Å². The molecule has 0 aliphatic rings. The zero-order valence-corrected chi connectivity index (χ0v) is 13.6. The maximum absolute atomic E-state index is 11.9. The Bertz CT molecular complexity index is 838. The van der Waals surface area contributed by atoms with E-state index in [9.17, 15) is 4.79 Å². The number of carbonyl (C=O) groups excluding carboxylic acids is 1. The summed E-state index contributed by atoms with van der Waals surface area (Å²) in [6, 6.07) is 14.3. The number of aromatic nitrogens is 3. The molecule has 0 radical (unpaired) electrons. The molecule has 25 heavy (non-hydrogen) atoms. The number of ether oxygens (including phenoxy) is 1. The standard InChI is InChI=1S/C18H17N5O2/c1-13-4-2-5-15(22-13)12-21-17(24)23-14-6-8-16(9-7-14)25-18-19-10-3-11-20-18/h2-11H,12H2,1H3,(H2,21,23,24). The van der Waals surface area contributed by atoms with E-state index in [0.717, 1.165) is 11.4 Å². The highest BCUT2D eigenvalue weighted by atomic mass is 16.5. The maximum atomic E-state index is 11.9. The first-order chi connectivity index (χ1) is 12.2. The second-order valence-electron chi connectivity index (χ2n) is 5.24. The van der Waals surface area contributed by atoms with Gasteiger partial charge in [0.15, 0.2) is 0 Å². The highest BCUT2D eigenvalue weighted by molar-refractivity contribution is 5.89. The van der Waals surface area contributed by atoms with Crippen molar-refractivity contribution in [2.45, 2.75) is 13.5 Å². The lowest BCUT2D eigenvalue weighted by Gasteiger charge is -2.08. The van der Waals surface area contributed by atoms with Crippen molar-refractivity contribution in [2.24, 2.45) is 0 Å². The Hall–Kier alpha value is -3.48. The average molecular weight is 335 g/mol. The highest BCUT2D eigenvalue weighted by Gasteiger charge is 2.04. The van der Waals surface area contributed by atoms with Gasteiger partial charge in [0.05, 0.1) is 12.2 Å². The summed E-state index contributed by atoms with van der Waals surface area (Å²) in [4.78, 5) is 24.2. The van der Waals surface area contributed by atoms with Crippen LogP contribution in [0.15, 0.2) is 60.9 Å². The lowest BCUT2D eigenvalue weighted by atomic mass is 10.3. The number of aryl methyl sites for hydroxylation is 1. The van der Waals surface area contributed by atoms with Crippen molar-refractivity contribution in [2.75, 3.05) is 5.32 Å². The minimum Gasteiger partial charge on any atom is -0.424 e. The van der Waals surface area contributed by atoms with Gasteiger partial charge in [0.1, 0.15) is 5.75 Å². The highest BCUT2D eigenvalue weighted by Crippen LogP contribution is 2.19. The minimum atomic E-state index is -0.302. The fraction of sp³-hybridized carbons (Fsp3) is 0.111. The van der Waals surface area contributed by atoms with Crippen LogP contribution in [-0.4, -0.2) is 21.0 Å². The minimum absolute atomic E-state index is 0.270. The summed E-state index contributed by atoms with van der Waals surface area (Å²) < 4.78 is 5.50. The van der Waals surface area contributed by atoms with E-state index in [4.69, 9.17) is 4.74 Å². The van der Waals surface area contributed by atoms with E-state index in [1.165, 1.54) is 0 Å². The number of pyridine rings is 1. The average Bonchev–Trinajstić information content (AvgIpc) is 2.63. The molecule has 3 rings (SSSR count). The van der Waals surface area contributed by atoms with Crippen molar-refractivity contribution in [3.8, 4) is 11.8 Å². The van der Waals surface area contributed by atoms with Crippen LogP contribution < -0.4 is 15.4 Å². The Labute approximate surface area is 145 Å². The van der Waals surface area contributed by atoms with Gasteiger partial charge in [-0.25, -0.2) is 14.8 Å². The Morgan fingerprint density at radius 1 is 1.04 bits per heavy atom. The number of hydrogen-bond donors (Lipinski definition) is 2. The van der Waals surface area contributed by atoms with E-state index < -0.39 is 0 Å². The molecule has 0 aliphatic carbocycles. The molecule has 0 spiro atoms. The third-order valence-electron chi connectivity index (χ3n) is 3.24. The second kappa shape index (κ2) is 7.87. The van der Waals surface area contributed by atoms with Gasteiger partial charge in [-0.2, -0.15) is 0 Å². The molecular formula is C18H17N5O2. The molecule has 0 bridgehead atoms. The van der Waals surface area contributed by atoms with Gasteiger partial charge in [-0.05, 0) is 49.4 Å². The first-order valence-corrected chi connectivity index (χ1v) is 7.71. The van der Waals surface area contributed by atoms with E-state index in [1.807, 2.05) is 25.1 Å². The van der Waals surface area contributed by atoms with E-state index >= 15 is 0 Å². The molecule has 7 nitrogen and oxygen atoms in total. The van der Waals surface area contributed by atoms with E-state index in [0.29, 0.717) is 18.0 Å². The summed E-state index contributed by atoms with van der Waals surface area (Å²) in [5.74, 6) is 0.584. The molecule has 0 atom stereocenters. The van der Waals surface area contributed by atoms with Crippen molar-refractivity contribution >= 4 is 11.7 Å². The number of hydrogen-bond acceptors (Lipinski definition) is 5. The van der Waals surface area contributed by atoms with Crippen LogP contribution in [0.25, 0.3) is 0 Å². The Balaban J connectivity index is 1.51. The van der Waals surface area contributed by atoms with Crippen LogP contribution in [0.5, 0.6) is 11.8 Å². The first-order valence-electron chi connectivity index (χ1n) is 7.71. The van der Waals surface area contributed by atoms with Crippen molar-refractivity contribution in [1.82, 2.24) is 20.3 Å². The Morgan fingerprint density at radius 2 is 1.80 bits per heavy atom. The van der Waals surface area contributed by atoms with Gasteiger partial charge in [0.25, 0.3) is 0 Å². The SMILES string of the molecule is Cc1cccc(CNC(=O)Nc2ccc(Oc3ncccn3)cc2)n1. The number of urea groups is 1. The molecule has 2 heterocycles. The maximum Gasteiger partial charge on any atom is 0.321 e.